The zero-order chi connectivity index (χ0) is 24.0. The monoisotopic (exact) mass is 464 g/mol. The summed E-state index contributed by atoms with van der Waals surface area (Å²) in [7, 11) is 1.07. The normalized spacial score (nSPS) is 26.4. The van der Waals surface area contributed by atoms with Gasteiger partial charge in [0, 0.05) is 22.9 Å². The third-order valence-electron chi connectivity index (χ3n) is 5.50. The summed E-state index contributed by atoms with van der Waals surface area (Å²) >= 11 is 1.08. The van der Waals surface area contributed by atoms with Gasteiger partial charge in [-0.3, -0.25) is 14.4 Å². The van der Waals surface area contributed by atoms with Crippen LogP contribution in [0.4, 0.5) is 5.69 Å². The van der Waals surface area contributed by atoms with Crippen molar-refractivity contribution in [1.82, 2.24) is 10.2 Å². The Morgan fingerprint density at radius 1 is 1.25 bits per heavy atom. The van der Waals surface area contributed by atoms with Crippen molar-refractivity contribution in [1.29, 1.82) is 0 Å². The highest BCUT2D eigenvalue weighted by molar-refractivity contribution is 8.01. The number of nitrogens with two attached hydrogens (primary N) is 1. The number of nitrogens with one attached hydrogen (secondary N) is 2. The van der Waals surface area contributed by atoms with E-state index in [0.29, 0.717) is 5.69 Å². The second-order valence-corrected chi connectivity index (χ2v) is 9.80. The van der Waals surface area contributed by atoms with Gasteiger partial charge in [0.25, 0.3) is 5.91 Å². The molecule has 5 N–H and O–H groups in total. The first-order valence-electron chi connectivity index (χ1n) is 9.64. The van der Waals surface area contributed by atoms with Crippen molar-refractivity contribution in [2.45, 2.75) is 48.5 Å². The highest BCUT2D eigenvalue weighted by Crippen LogP contribution is 2.55. The number of aliphatic carboxylic acids is 1. The molecule has 0 saturated carbocycles. The number of carboxylic acid groups (broad SMARTS) is 1. The number of anilines is 1. The smallest absolute Gasteiger partial charge is 0.344 e. The summed E-state index contributed by atoms with van der Waals surface area (Å²) in [4.78, 5) is 63.2. The average Bonchev–Trinajstić information content (AvgIpc) is 2.99. The highest BCUT2D eigenvalue weighted by Gasteiger charge is 2.76. The number of benzene rings is 1. The SMILES string of the molecule is COC(=O)C1(NC(=O)C(N)c2ccccc2NC(C)=O)C(=O)N2[C@@H](C(=O)O)C(C)(C)S[C@@H]21. The molecular weight excluding hydrogens is 440 g/mol. The molecule has 0 aliphatic carbocycles. The number of hydrogen-bond donors (Lipinski definition) is 4. The average molecular weight is 465 g/mol. The zero-order valence-corrected chi connectivity index (χ0v) is 18.7. The van der Waals surface area contributed by atoms with Gasteiger partial charge in [0.05, 0.1) is 7.11 Å². The first-order valence-corrected chi connectivity index (χ1v) is 10.5. The summed E-state index contributed by atoms with van der Waals surface area (Å²) in [5.41, 5.74) is 4.57. The van der Waals surface area contributed by atoms with Crippen LogP contribution in [-0.4, -0.2) is 68.5 Å². The van der Waals surface area contributed by atoms with Crippen molar-refractivity contribution in [3.63, 3.8) is 0 Å². The lowest BCUT2D eigenvalue weighted by molar-refractivity contribution is -0.180. The Balaban J connectivity index is 1.94. The molecule has 0 spiro atoms. The molecular formula is C20H24N4O7S. The van der Waals surface area contributed by atoms with Crippen LogP contribution in [0, 0.1) is 0 Å². The van der Waals surface area contributed by atoms with E-state index in [0.717, 1.165) is 23.8 Å². The Labute approximate surface area is 188 Å². The molecule has 4 atom stereocenters. The van der Waals surface area contributed by atoms with Gasteiger partial charge in [-0.05, 0) is 19.9 Å². The van der Waals surface area contributed by atoms with E-state index in [1.54, 1.807) is 32.0 Å². The number of thioether (sulfide) groups is 1. The quantitative estimate of drug-likeness (QED) is 0.253. The number of para-hydroxylation sites is 1. The lowest BCUT2D eigenvalue weighted by atomic mass is 9.84. The molecule has 2 aliphatic rings. The highest BCUT2D eigenvalue weighted by atomic mass is 32.2. The lowest BCUT2D eigenvalue weighted by Gasteiger charge is -2.50. The Hall–Kier alpha value is -3.12. The largest absolute Gasteiger partial charge is 0.480 e. The molecule has 2 unspecified atom stereocenters. The van der Waals surface area contributed by atoms with Gasteiger partial charge >= 0.3 is 11.9 Å². The number of amides is 3. The number of ether oxygens (including phenoxy) is 1. The van der Waals surface area contributed by atoms with E-state index in [-0.39, 0.29) is 11.5 Å². The number of hydrogen-bond acceptors (Lipinski definition) is 8. The van der Waals surface area contributed by atoms with Crippen LogP contribution in [0.2, 0.25) is 0 Å². The fourth-order valence-electron chi connectivity index (χ4n) is 4.06. The van der Waals surface area contributed by atoms with Crippen LogP contribution < -0.4 is 16.4 Å². The number of carbonyl (C=O) groups is 5. The molecule has 2 fully saturated rings. The predicted octanol–water partition coefficient (Wildman–Crippen LogP) is -0.180. The van der Waals surface area contributed by atoms with Gasteiger partial charge in [-0.25, -0.2) is 9.59 Å². The van der Waals surface area contributed by atoms with Crippen LogP contribution in [-0.2, 0) is 28.7 Å². The number of carboxylic acids is 1. The fourth-order valence-corrected chi connectivity index (χ4v) is 5.74. The van der Waals surface area contributed by atoms with E-state index in [9.17, 15) is 29.1 Å². The number of methoxy groups -OCH3 is 1. The lowest BCUT2D eigenvalue weighted by Crippen LogP contribution is -2.83. The number of β-lactam (4-membered cyclic amide) rings is 1. The van der Waals surface area contributed by atoms with E-state index >= 15 is 0 Å². The number of carbonyl (C=O) groups excluding carboxylic acids is 4. The van der Waals surface area contributed by atoms with E-state index < -0.39 is 51.5 Å². The third-order valence-corrected chi connectivity index (χ3v) is 7.13. The Morgan fingerprint density at radius 3 is 2.44 bits per heavy atom. The summed E-state index contributed by atoms with van der Waals surface area (Å²) < 4.78 is 3.88. The van der Waals surface area contributed by atoms with Gasteiger partial charge < -0.3 is 31.1 Å². The van der Waals surface area contributed by atoms with Gasteiger partial charge in [0.2, 0.25) is 17.4 Å². The van der Waals surface area contributed by atoms with Gasteiger partial charge in [0.15, 0.2) is 0 Å². The minimum absolute atomic E-state index is 0.270. The van der Waals surface area contributed by atoms with Crippen molar-refractivity contribution in [2.24, 2.45) is 5.73 Å². The van der Waals surface area contributed by atoms with Crippen LogP contribution in [0.5, 0.6) is 0 Å². The Kier molecular flexibility index (Phi) is 5.96. The van der Waals surface area contributed by atoms with Crippen LogP contribution in [0.1, 0.15) is 32.4 Å². The van der Waals surface area contributed by atoms with E-state index in [2.05, 4.69) is 10.6 Å². The second kappa shape index (κ2) is 8.10. The second-order valence-electron chi connectivity index (χ2n) is 8.06. The molecule has 2 saturated heterocycles. The third kappa shape index (κ3) is 3.48. The minimum Gasteiger partial charge on any atom is -0.480 e. The van der Waals surface area contributed by atoms with Crippen LogP contribution in [0.25, 0.3) is 0 Å². The molecule has 3 rings (SSSR count). The maximum atomic E-state index is 13.1. The summed E-state index contributed by atoms with van der Waals surface area (Å²) in [6.45, 7) is 4.58. The van der Waals surface area contributed by atoms with Gasteiger partial charge in [-0.2, -0.15) is 0 Å². The van der Waals surface area contributed by atoms with Gasteiger partial charge in [-0.1, -0.05) is 18.2 Å². The molecule has 12 heteroatoms. The standard InChI is InChI=1S/C20H24N4O7S/c1-9(25)22-11-8-6-5-7-10(11)12(21)14(26)23-20(18(30)31-4)16(29)24-13(15(27)28)19(2,3)32-17(20)24/h5-8,12-13,17H,21H2,1-4H3,(H,22,25)(H,23,26)(H,27,28)/t12?,13-,17+,20?/m0/s1. The molecule has 1 aromatic carbocycles. The zero-order valence-electron chi connectivity index (χ0n) is 17.9. The molecule has 2 heterocycles. The molecule has 0 aromatic heterocycles. The molecule has 0 radical (unpaired) electrons. The Morgan fingerprint density at radius 2 is 1.88 bits per heavy atom. The van der Waals surface area contributed by atoms with Crippen LogP contribution >= 0.6 is 11.8 Å². The van der Waals surface area contributed by atoms with E-state index in [1.807, 2.05) is 0 Å². The molecule has 1 aromatic rings. The maximum Gasteiger partial charge on any atom is 0.344 e. The fraction of sp³-hybridized carbons (Fsp3) is 0.450. The Bertz CT molecular complexity index is 1010. The number of fused-ring (bicyclic) bond motifs is 1. The first kappa shape index (κ1) is 23.5. The van der Waals surface area contributed by atoms with Crippen molar-refractivity contribution in [3.05, 3.63) is 29.8 Å². The molecule has 32 heavy (non-hydrogen) atoms. The van der Waals surface area contributed by atoms with Crippen molar-refractivity contribution < 1.29 is 33.8 Å². The number of nitrogens with zero attached hydrogens (tertiary/aromatic N) is 1. The molecule has 172 valence electrons. The topological polar surface area (TPSA) is 168 Å². The molecule has 0 bridgehead atoms. The summed E-state index contributed by atoms with van der Waals surface area (Å²) in [5, 5.41) is 13.6. The molecule has 2 aliphatic heterocycles. The summed E-state index contributed by atoms with van der Waals surface area (Å²) in [6, 6.07) is 3.83. The molecule has 3 amide bonds. The van der Waals surface area contributed by atoms with E-state index in [4.69, 9.17) is 10.5 Å². The van der Waals surface area contributed by atoms with Crippen molar-refractivity contribution in [3.8, 4) is 0 Å². The summed E-state index contributed by atoms with van der Waals surface area (Å²) in [5.74, 6) is -4.35. The number of rotatable bonds is 6. The van der Waals surface area contributed by atoms with Crippen molar-refractivity contribution in [2.75, 3.05) is 12.4 Å². The maximum absolute atomic E-state index is 13.1. The molecule has 11 nitrogen and oxygen atoms in total. The van der Waals surface area contributed by atoms with Gasteiger partial charge in [0.1, 0.15) is 17.5 Å². The van der Waals surface area contributed by atoms with Crippen molar-refractivity contribution >= 4 is 47.1 Å². The predicted molar refractivity (Wildman–Crippen MR) is 114 cm³/mol. The van der Waals surface area contributed by atoms with Gasteiger partial charge in [-0.15, -0.1) is 11.8 Å². The van der Waals surface area contributed by atoms with Crippen LogP contribution in [0.3, 0.4) is 0 Å². The minimum atomic E-state index is -2.11. The van der Waals surface area contributed by atoms with E-state index in [1.165, 1.54) is 13.0 Å². The first-order chi connectivity index (χ1) is 14.9. The van der Waals surface area contributed by atoms with Crippen LogP contribution in [0.15, 0.2) is 24.3 Å². The number of esters is 1. The summed E-state index contributed by atoms with van der Waals surface area (Å²) in [6.07, 6.45) is 0.